The summed E-state index contributed by atoms with van der Waals surface area (Å²) in [6.45, 7) is -2.34. The molecule has 0 fully saturated rings. The molecule has 0 bridgehead atoms. The minimum absolute atomic E-state index is 0.168. The van der Waals surface area contributed by atoms with Crippen molar-refractivity contribution in [2.45, 2.75) is 12.5 Å². The molecule has 0 unspecified atom stereocenters. The quantitative estimate of drug-likeness (QED) is 0.218. The number of carbonyl (C=O) groups is 4. The van der Waals surface area contributed by atoms with Crippen LogP contribution in [0.15, 0.2) is 24.3 Å². The molecule has 30 heavy (non-hydrogen) atoms. The number of nitro groups is 1. The Kier molecular flexibility index (Phi) is 9.32. The van der Waals surface area contributed by atoms with Gasteiger partial charge in [0, 0.05) is 25.2 Å². The van der Waals surface area contributed by atoms with Crippen LogP contribution >= 0.6 is 0 Å². The molecule has 0 radical (unpaired) electrons. The van der Waals surface area contributed by atoms with Crippen LogP contribution in [0.4, 0.5) is 5.69 Å². The predicted molar refractivity (Wildman–Crippen MR) is 99.1 cm³/mol. The van der Waals surface area contributed by atoms with Crippen LogP contribution in [0.3, 0.4) is 0 Å². The first-order valence-corrected chi connectivity index (χ1v) is 8.57. The molecule has 0 heterocycles. The maximum Gasteiger partial charge on any atom is 0.321 e. The molecule has 13 nitrogen and oxygen atoms in total. The molecule has 1 aromatic carbocycles. The van der Waals surface area contributed by atoms with Gasteiger partial charge in [-0.2, -0.15) is 0 Å². The molecule has 0 saturated heterocycles. The first kappa shape index (κ1) is 24.5. The molecule has 0 aromatic heterocycles. The number of carboxylic acid groups (broad SMARTS) is 4. The number of nitrogens with zero attached hydrogens (tertiary/aromatic N) is 3. The normalized spacial score (nSPS) is 11.9. The Hall–Kier alpha value is -3.58. The third-order valence-corrected chi connectivity index (χ3v) is 4.06. The Balaban J connectivity index is 3.00. The van der Waals surface area contributed by atoms with E-state index in [2.05, 4.69) is 0 Å². The maximum atomic E-state index is 11.8. The highest BCUT2D eigenvalue weighted by molar-refractivity contribution is 5.76. The average molecular weight is 427 g/mol. The molecule has 1 rings (SSSR count). The molecule has 164 valence electrons. The molecular formula is C17H21N3O10. The van der Waals surface area contributed by atoms with E-state index in [4.69, 9.17) is 15.3 Å². The van der Waals surface area contributed by atoms with Crippen LogP contribution < -0.4 is 0 Å². The van der Waals surface area contributed by atoms with Crippen LogP contribution in [0.5, 0.6) is 0 Å². The standard InChI is InChI=1S/C17H21N3O10/c21-14(22)8-18(9-15(23)24)5-6-19(10-16(25)26)13(17(27)28)7-11-1-3-12(4-2-11)20(29)30/h1-4,13H,5-10H2,(H,21,22)(H,23,24)(H,25,26)(H,27,28)/t13-/m0/s1. The zero-order chi connectivity index (χ0) is 22.8. The van der Waals surface area contributed by atoms with Crippen molar-refractivity contribution in [1.82, 2.24) is 9.80 Å². The van der Waals surface area contributed by atoms with Gasteiger partial charge in [-0.25, -0.2) is 0 Å². The van der Waals surface area contributed by atoms with Gasteiger partial charge in [0.1, 0.15) is 6.04 Å². The van der Waals surface area contributed by atoms with Crippen molar-refractivity contribution in [3.63, 3.8) is 0 Å². The second-order valence-corrected chi connectivity index (χ2v) is 6.34. The van der Waals surface area contributed by atoms with E-state index in [1.165, 1.54) is 24.3 Å². The van der Waals surface area contributed by atoms with Crippen molar-refractivity contribution in [2.75, 3.05) is 32.7 Å². The summed E-state index contributed by atoms with van der Waals surface area (Å²) in [4.78, 5) is 56.9. The summed E-state index contributed by atoms with van der Waals surface area (Å²) in [7, 11) is 0. The van der Waals surface area contributed by atoms with Gasteiger partial charge in [-0.3, -0.25) is 39.1 Å². The third kappa shape index (κ3) is 8.62. The molecule has 0 spiro atoms. The summed E-state index contributed by atoms with van der Waals surface area (Å²) < 4.78 is 0. The lowest BCUT2D eigenvalue weighted by Gasteiger charge is -2.29. The predicted octanol–water partition coefficient (Wildman–Crippen LogP) is -0.552. The van der Waals surface area contributed by atoms with Crippen LogP contribution in [0.25, 0.3) is 0 Å². The third-order valence-electron chi connectivity index (χ3n) is 4.06. The van der Waals surface area contributed by atoms with Crippen LogP contribution in [0.2, 0.25) is 0 Å². The summed E-state index contributed by atoms with van der Waals surface area (Å²) in [5, 5.41) is 47.2. The molecular weight excluding hydrogens is 406 g/mol. The number of aliphatic carboxylic acids is 4. The number of nitro benzene ring substituents is 1. The van der Waals surface area contributed by atoms with E-state index in [0.29, 0.717) is 5.56 Å². The van der Waals surface area contributed by atoms with Crippen LogP contribution in [-0.2, 0) is 25.6 Å². The number of hydrogen-bond donors (Lipinski definition) is 4. The molecule has 0 amide bonds. The number of non-ortho nitro benzene ring substituents is 1. The minimum Gasteiger partial charge on any atom is -0.480 e. The Morgan fingerprint density at radius 1 is 0.867 bits per heavy atom. The summed E-state index contributed by atoms with van der Waals surface area (Å²) in [6.07, 6.45) is -0.168. The van der Waals surface area contributed by atoms with Crippen molar-refractivity contribution in [3.05, 3.63) is 39.9 Å². The summed E-state index contributed by atoms with van der Waals surface area (Å²) >= 11 is 0. The average Bonchev–Trinajstić information content (AvgIpc) is 2.62. The fourth-order valence-electron chi connectivity index (χ4n) is 2.73. The molecule has 13 heteroatoms. The van der Waals surface area contributed by atoms with Crippen molar-refractivity contribution < 1.29 is 44.5 Å². The Labute approximate surface area is 169 Å². The smallest absolute Gasteiger partial charge is 0.321 e. The topological polar surface area (TPSA) is 199 Å². The number of rotatable bonds is 14. The fourth-order valence-corrected chi connectivity index (χ4v) is 2.73. The van der Waals surface area contributed by atoms with Crippen molar-refractivity contribution in [3.8, 4) is 0 Å². The van der Waals surface area contributed by atoms with E-state index in [1.807, 2.05) is 0 Å². The van der Waals surface area contributed by atoms with E-state index in [-0.39, 0.29) is 25.2 Å². The minimum atomic E-state index is -1.35. The van der Waals surface area contributed by atoms with Gasteiger partial charge < -0.3 is 20.4 Å². The van der Waals surface area contributed by atoms with Gasteiger partial charge in [-0.05, 0) is 12.0 Å². The molecule has 1 aromatic rings. The molecule has 0 aliphatic heterocycles. The lowest BCUT2D eigenvalue weighted by molar-refractivity contribution is -0.384. The van der Waals surface area contributed by atoms with Gasteiger partial charge in [0.05, 0.1) is 24.6 Å². The van der Waals surface area contributed by atoms with Gasteiger partial charge in [0.25, 0.3) is 5.69 Å². The van der Waals surface area contributed by atoms with E-state index in [0.717, 1.165) is 9.80 Å². The molecule has 4 N–H and O–H groups in total. The van der Waals surface area contributed by atoms with Crippen molar-refractivity contribution in [1.29, 1.82) is 0 Å². The first-order chi connectivity index (χ1) is 14.0. The maximum absolute atomic E-state index is 11.8. The van der Waals surface area contributed by atoms with Crippen molar-refractivity contribution >= 4 is 29.6 Å². The van der Waals surface area contributed by atoms with Crippen LogP contribution in [0.1, 0.15) is 5.56 Å². The molecule has 0 aliphatic carbocycles. The molecule has 1 atom stereocenters. The molecule has 0 saturated carbocycles. The highest BCUT2D eigenvalue weighted by Crippen LogP contribution is 2.15. The summed E-state index contributed by atoms with van der Waals surface area (Å²) in [5.74, 6) is -5.26. The molecule has 0 aliphatic rings. The van der Waals surface area contributed by atoms with E-state index >= 15 is 0 Å². The highest BCUT2D eigenvalue weighted by atomic mass is 16.6. The van der Waals surface area contributed by atoms with E-state index < -0.39 is 54.5 Å². The first-order valence-electron chi connectivity index (χ1n) is 8.57. The van der Waals surface area contributed by atoms with Crippen LogP contribution in [-0.4, -0.2) is 97.8 Å². The fraction of sp³-hybridized carbons (Fsp3) is 0.412. The second kappa shape index (κ2) is 11.4. The van der Waals surface area contributed by atoms with Gasteiger partial charge >= 0.3 is 23.9 Å². The lowest BCUT2D eigenvalue weighted by Crippen LogP contribution is -2.49. The largest absolute Gasteiger partial charge is 0.480 e. The van der Waals surface area contributed by atoms with Gasteiger partial charge in [-0.15, -0.1) is 0 Å². The summed E-state index contributed by atoms with van der Waals surface area (Å²) in [6, 6.07) is 3.76. The number of hydrogen-bond acceptors (Lipinski definition) is 8. The Bertz CT molecular complexity index is 779. The SMILES string of the molecule is O=C(O)CN(CCN(CC(=O)O)[C@@H](Cc1ccc([N+](=O)[O-])cc1)C(=O)O)CC(=O)O. The van der Waals surface area contributed by atoms with E-state index in [9.17, 15) is 34.4 Å². The van der Waals surface area contributed by atoms with E-state index in [1.54, 1.807) is 0 Å². The number of benzene rings is 1. The second-order valence-electron chi connectivity index (χ2n) is 6.34. The van der Waals surface area contributed by atoms with Gasteiger partial charge in [-0.1, -0.05) is 12.1 Å². The van der Waals surface area contributed by atoms with Gasteiger partial charge in [0.15, 0.2) is 0 Å². The monoisotopic (exact) mass is 427 g/mol. The van der Waals surface area contributed by atoms with Crippen LogP contribution in [0, 0.1) is 10.1 Å². The van der Waals surface area contributed by atoms with Gasteiger partial charge in [0.2, 0.25) is 0 Å². The van der Waals surface area contributed by atoms with Crippen molar-refractivity contribution in [2.24, 2.45) is 0 Å². The Morgan fingerprint density at radius 2 is 1.37 bits per heavy atom. The number of carboxylic acids is 4. The summed E-state index contributed by atoms with van der Waals surface area (Å²) in [5.41, 5.74) is 0.224. The Morgan fingerprint density at radius 3 is 1.77 bits per heavy atom. The zero-order valence-corrected chi connectivity index (χ0v) is 15.7. The highest BCUT2D eigenvalue weighted by Gasteiger charge is 2.28. The zero-order valence-electron chi connectivity index (χ0n) is 15.7. The lowest BCUT2D eigenvalue weighted by atomic mass is 10.0.